The smallest absolute Gasteiger partial charge is 0.155 e. The Bertz CT molecular complexity index is 407. The molecular weight excluding hydrogens is 245 g/mol. The first kappa shape index (κ1) is 13.3. The van der Waals surface area contributed by atoms with Gasteiger partial charge in [0.1, 0.15) is 5.15 Å². The first-order valence-corrected chi connectivity index (χ1v) is 6.06. The summed E-state index contributed by atoms with van der Waals surface area (Å²) in [5.74, 6) is 0.128. The molecule has 1 heterocycles. The van der Waals surface area contributed by atoms with Crippen LogP contribution in [0.4, 0.5) is 0 Å². The van der Waals surface area contributed by atoms with Gasteiger partial charge >= 0.3 is 0 Å². The molecule has 0 unspecified atom stereocenters. The maximum atomic E-state index is 11.4. The van der Waals surface area contributed by atoms with Crippen molar-refractivity contribution in [2.75, 3.05) is 0 Å². The van der Waals surface area contributed by atoms with E-state index in [2.05, 4.69) is 11.9 Å². The summed E-state index contributed by atoms with van der Waals surface area (Å²) in [6.45, 7) is 3.92. The number of carbonyl (C=O) groups excluding carboxylic acids is 1. The Labute approximate surface area is 106 Å². The molecule has 0 spiro atoms. The van der Waals surface area contributed by atoms with Crippen LogP contribution in [-0.4, -0.2) is 10.8 Å². The predicted molar refractivity (Wildman–Crippen MR) is 69.1 cm³/mol. The lowest BCUT2D eigenvalue weighted by Gasteiger charge is -1.93. The van der Waals surface area contributed by atoms with Crippen LogP contribution in [0.2, 0.25) is 10.2 Å². The van der Waals surface area contributed by atoms with Crippen molar-refractivity contribution >= 4 is 35.1 Å². The molecular formula is C12H15Cl2NO. The van der Waals surface area contributed by atoms with E-state index in [0.29, 0.717) is 16.6 Å². The van der Waals surface area contributed by atoms with Crippen LogP contribution in [0.25, 0.3) is 6.08 Å². The van der Waals surface area contributed by atoms with Gasteiger partial charge in [-0.2, -0.15) is 0 Å². The number of aromatic nitrogens is 1. The molecule has 16 heavy (non-hydrogen) atoms. The third-order valence-corrected chi connectivity index (χ3v) is 3.24. The number of aromatic amines is 1. The second kappa shape index (κ2) is 6.12. The van der Waals surface area contributed by atoms with E-state index in [-0.39, 0.29) is 5.78 Å². The Hall–Kier alpha value is -0.730. The second-order valence-corrected chi connectivity index (χ2v) is 4.45. The van der Waals surface area contributed by atoms with E-state index >= 15 is 0 Å². The number of halogens is 2. The maximum Gasteiger partial charge on any atom is 0.155 e. The van der Waals surface area contributed by atoms with Crippen LogP contribution in [0.1, 0.15) is 37.4 Å². The molecule has 2 nitrogen and oxygen atoms in total. The van der Waals surface area contributed by atoms with E-state index in [4.69, 9.17) is 23.2 Å². The first-order chi connectivity index (χ1) is 7.56. The zero-order valence-corrected chi connectivity index (χ0v) is 11.0. The molecule has 1 rings (SSSR count). The molecule has 88 valence electrons. The molecule has 0 amide bonds. The standard InChI is InChI=1S/C12H15Cl2NO/c1-3-4-5-9(16)6-7-10-8(2)11(13)12(14)15-10/h6-7,15H,3-5H2,1-2H3/b7-6+. The lowest BCUT2D eigenvalue weighted by atomic mass is 10.1. The van der Waals surface area contributed by atoms with Gasteiger partial charge in [-0.05, 0) is 31.1 Å². The maximum absolute atomic E-state index is 11.4. The van der Waals surface area contributed by atoms with Crippen molar-refractivity contribution in [3.63, 3.8) is 0 Å². The van der Waals surface area contributed by atoms with Crippen molar-refractivity contribution in [1.29, 1.82) is 0 Å². The molecule has 4 heteroatoms. The van der Waals surface area contributed by atoms with Crippen LogP contribution >= 0.6 is 23.2 Å². The zero-order valence-electron chi connectivity index (χ0n) is 9.44. The molecule has 1 N–H and O–H groups in total. The lowest BCUT2D eigenvalue weighted by molar-refractivity contribution is -0.114. The van der Waals surface area contributed by atoms with Crippen LogP contribution in [0, 0.1) is 6.92 Å². The second-order valence-electron chi connectivity index (χ2n) is 3.69. The summed E-state index contributed by atoms with van der Waals surface area (Å²) in [4.78, 5) is 14.3. The van der Waals surface area contributed by atoms with Gasteiger partial charge in [0.05, 0.1) is 5.02 Å². The molecule has 1 aromatic heterocycles. The number of hydrogen-bond donors (Lipinski definition) is 1. The number of nitrogens with one attached hydrogen (secondary N) is 1. The van der Waals surface area contributed by atoms with Crippen molar-refractivity contribution in [3.05, 3.63) is 27.5 Å². The van der Waals surface area contributed by atoms with Crippen molar-refractivity contribution in [1.82, 2.24) is 4.98 Å². The van der Waals surface area contributed by atoms with Gasteiger partial charge in [0, 0.05) is 12.1 Å². The number of allylic oxidation sites excluding steroid dienone is 1. The molecule has 0 aliphatic heterocycles. The Morgan fingerprint density at radius 2 is 2.12 bits per heavy atom. The van der Waals surface area contributed by atoms with Crippen molar-refractivity contribution in [3.8, 4) is 0 Å². The highest BCUT2D eigenvalue weighted by molar-refractivity contribution is 6.42. The topological polar surface area (TPSA) is 32.9 Å². The van der Waals surface area contributed by atoms with E-state index in [9.17, 15) is 4.79 Å². The van der Waals surface area contributed by atoms with Crippen molar-refractivity contribution in [2.45, 2.75) is 33.1 Å². The minimum Gasteiger partial charge on any atom is -0.345 e. The molecule has 0 saturated heterocycles. The summed E-state index contributed by atoms with van der Waals surface area (Å²) < 4.78 is 0. The van der Waals surface area contributed by atoms with Gasteiger partial charge in [-0.1, -0.05) is 36.5 Å². The molecule has 0 fully saturated rings. The Morgan fingerprint density at radius 3 is 2.62 bits per heavy atom. The number of unbranched alkanes of at least 4 members (excludes halogenated alkanes) is 1. The molecule has 0 bridgehead atoms. The molecule has 0 aliphatic rings. The van der Waals surface area contributed by atoms with Gasteiger partial charge in [-0.15, -0.1) is 0 Å². The SMILES string of the molecule is CCCCC(=O)/C=C/c1[nH]c(Cl)c(Cl)c1C. The summed E-state index contributed by atoms with van der Waals surface area (Å²) >= 11 is 11.7. The number of H-pyrrole nitrogens is 1. The summed E-state index contributed by atoms with van der Waals surface area (Å²) in [6.07, 6.45) is 5.84. The fraction of sp³-hybridized carbons (Fsp3) is 0.417. The molecule has 1 aromatic rings. The van der Waals surface area contributed by atoms with Gasteiger partial charge in [-0.3, -0.25) is 4.79 Å². The van der Waals surface area contributed by atoms with E-state index in [0.717, 1.165) is 24.1 Å². The minimum absolute atomic E-state index is 0.128. The fourth-order valence-corrected chi connectivity index (χ4v) is 1.72. The molecule has 0 aliphatic carbocycles. The third kappa shape index (κ3) is 3.39. The molecule has 0 radical (unpaired) electrons. The number of carbonyl (C=O) groups is 1. The molecule has 0 saturated carbocycles. The highest BCUT2D eigenvalue weighted by Crippen LogP contribution is 2.28. The summed E-state index contributed by atoms with van der Waals surface area (Å²) in [6, 6.07) is 0. The van der Waals surface area contributed by atoms with E-state index in [1.165, 1.54) is 0 Å². The minimum atomic E-state index is 0.128. The van der Waals surface area contributed by atoms with Crippen LogP contribution in [0.3, 0.4) is 0 Å². The van der Waals surface area contributed by atoms with Gasteiger partial charge in [-0.25, -0.2) is 0 Å². The molecule has 0 aromatic carbocycles. The highest BCUT2D eigenvalue weighted by Gasteiger charge is 2.08. The summed E-state index contributed by atoms with van der Waals surface area (Å²) in [5.41, 5.74) is 1.66. The highest BCUT2D eigenvalue weighted by atomic mass is 35.5. The van der Waals surface area contributed by atoms with Crippen LogP contribution in [0.15, 0.2) is 6.08 Å². The van der Waals surface area contributed by atoms with Gasteiger partial charge in [0.2, 0.25) is 0 Å². The van der Waals surface area contributed by atoms with Gasteiger partial charge < -0.3 is 4.98 Å². The van der Waals surface area contributed by atoms with Crippen molar-refractivity contribution < 1.29 is 4.79 Å². The lowest BCUT2D eigenvalue weighted by Crippen LogP contribution is -1.91. The fourth-order valence-electron chi connectivity index (χ4n) is 1.33. The molecule has 0 atom stereocenters. The van der Waals surface area contributed by atoms with E-state index in [1.807, 2.05) is 6.92 Å². The van der Waals surface area contributed by atoms with E-state index < -0.39 is 0 Å². The van der Waals surface area contributed by atoms with E-state index in [1.54, 1.807) is 12.2 Å². The van der Waals surface area contributed by atoms with Gasteiger partial charge in [0.15, 0.2) is 5.78 Å². The third-order valence-electron chi connectivity index (χ3n) is 2.38. The summed E-state index contributed by atoms with van der Waals surface area (Å²) in [7, 11) is 0. The van der Waals surface area contributed by atoms with Crippen LogP contribution in [0.5, 0.6) is 0 Å². The van der Waals surface area contributed by atoms with Crippen LogP contribution in [-0.2, 0) is 4.79 Å². The van der Waals surface area contributed by atoms with Gasteiger partial charge in [0.25, 0.3) is 0 Å². The average molecular weight is 260 g/mol. The van der Waals surface area contributed by atoms with Crippen molar-refractivity contribution in [2.24, 2.45) is 0 Å². The Kier molecular flexibility index (Phi) is 5.10. The first-order valence-electron chi connectivity index (χ1n) is 5.30. The zero-order chi connectivity index (χ0) is 12.1. The normalized spacial score (nSPS) is 11.2. The number of hydrogen-bond acceptors (Lipinski definition) is 1. The number of rotatable bonds is 5. The largest absolute Gasteiger partial charge is 0.345 e. The van der Waals surface area contributed by atoms with Crippen LogP contribution < -0.4 is 0 Å². The Morgan fingerprint density at radius 1 is 1.44 bits per heavy atom. The quantitative estimate of drug-likeness (QED) is 0.782. The monoisotopic (exact) mass is 259 g/mol. The average Bonchev–Trinajstić information content (AvgIpc) is 2.51. The summed E-state index contributed by atoms with van der Waals surface area (Å²) in [5, 5.41) is 0.933. The Balaban J connectivity index is 2.69. The number of ketones is 1. The predicted octanol–water partition coefficient (Wildman–Crippen LogP) is 4.40.